The van der Waals surface area contributed by atoms with Crippen molar-refractivity contribution in [2.75, 3.05) is 7.11 Å². The van der Waals surface area contributed by atoms with Crippen LogP contribution in [0.2, 0.25) is 0 Å². The monoisotopic (exact) mass is 270 g/mol. The van der Waals surface area contributed by atoms with Crippen LogP contribution in [0.15, 0.2) is 12.1 Å². The summed E-state index contributed by atoms with van der Waals surface area (Å²) in [5.74, 6) is -4.86. The molecule has 0 aliphatic heterocycles. The van der Waals surface area contributed by atoms with Gasteiger partial charge in [0.05, 0.1) is 18.4 Å². The molecule has 6 nitrogen and oxygen atoms in total. The van der Waals surface area contributed by atoms with E-state index in [2.05, 4.69) is 14.9 Å². The first kappa shape index (κ1) is 12.8. The first-order chi connectivity index (χ1) is 8.95. The van der Waals surface area contributed by atoms with Crippen molar-refractivity contribution < 1.29 is 28.5 Å². The predicted molar refractivity (Wildman–Crippen MR) is 59.1 cm³/mol. The fraction of sp³-hybridized carbons (Fsp3) is 0.0909. The molecule has 3 N–H and O–H groups in total. The van der Waals surface area contributed by atoms with Crippen molar-refractivity contribution in [3.63, 3.8) is 0 Å². The molecule has 0 radical (unpaired) electrons. The predicted octanol–water partition coefficient (Wildman–Crippen LogP) is 1.77. The summed E-state index contributed by atoms with van der Waals surface area (Å²) < 4.78 is 32.3. The number of carbonyl (C=O) groups is 1. The maximum Gasteiger partial charge on any atom is 0.353 e. The number of aromatic nitrogens is 2. The molecule has 0 saturated heterocycles. The average molecular weight is 270 g/mol. The third-order valence-electron chi connectivity index (χ3n) is 2.43. The van der Waals surface area contributed by atoms with Gasteiger partial charge in [-0.15, -0.1) is 0 Å². The van der Waals surface area contributed by atoms with Crippen molar-refractivity contribution in [3.05, 3.63) is 29.5 Å². The molecule has 0 bridgehead atoms. The largest absolute Gasteiger partial charge is 0.505 e. The molecule has 1 heterocycles. The van der Waals surface area contributed by atoms with Gasteiger partial charge < -0.3 is 14.9 Å². The summed E-state index contributed by atoms with van der Waals surface area (Å²) in [6.45, 7) is 0. The molecule has 1 aromatic heterocycles. The number of phenols is 1. The third kappa shape index (κ3) is 2.07. The number of halogens is 2. The topological polar surface area (TPSA) is 95.4 Å². The van der Waals surface area contributed by atoms with Crippen LogP contribution in [-0.2, 0) is 0 Å². The second-order valence-electron chi connectivity index (χ2n) is 3.57. The minimum atomic E-state index is -1.33. The Morgan fingerprint density at radius 1 is 1.37 bits per heavy atom. The summed E-state index contributed by atoms with van der Waals surface area (Å²) >= 11 is 0. The minimum Gasteiger partial charge on any atom is -0.505 e. The van der Waals surface area contributed by atoms with Gasteiger partial charge in [-0.3, -0.25) is 5.10 Å². The van der Waals surface area contributed by atoms with Crippen LogP contribution >= 0.6 is 0 Å². The van der Waals surface area contributed by atoms with Crippen LogP contribution in [0.3, 0.4) is 0 Å². The molecule has 0 atom stereocenters. The zero-order valence-electron chi connectivity index (χ0n) is 9.57. The lowest BCUT2D eigenvalue weighted by molar-refractivity contribution is 0.0690. The number of hydrogen-bond donors (Lipinski definition) is 3. The highest BCUT2D eigenvalue weighted by molar-refractivity contribution is 5.87. The number of rotatable bonds is 3. The Kier molecular flexibility index (Phi) is 3.07. The highest BCUT2D eigenvalue weighted by atomic mass is 19.1. The molecule has 0 unspecified atom stereocenters. The maximum absolute atomic E-state index is 13.9. The summed E-state index contributed by atoms with van der Waals surface area (Å²) in [6, 6.07) is 1.72. The fourth-order valence-corrected chi connectivity index (χ4v) is 1.53. The van der Waals surface area contributed by atoms with Gasteiger partial charge in [0.25, 0.3) is 0 Å². The van der Waals surface area contributed by atoms with E-state index in [9.17, 15) is 18.7 Å². The molecule has 2 rings (SSSR count). The van der Waals surface area contributed by atoms with E-state index in [1.165, 1.54) is 0 Å². The van der Waals surface area contributed by atoms with E-state index < -0.39 is 28.9 Å². The minimum absolute atomic E-state index is 0.290. The number of carboxylic acid groups (broad SMARTS) is 1. The van der Waals surface area contributed by atoms with Gasteiger partial charge in [0.1, 0.15) is 5.69 Å². The normalized spacial score (nSPS) is 10.5. The highest BCUT2D eigenvalue weighted by Crippen LogP contribution is 2.36. The molecule has 0 spiro atoms. The lowest BCUT2D eigenvalue weighted by Gasteiger charge is -2.08. The molecule has 1 aromatic carbocycles. The van der Waals surface area contributed by atoms with E-state index in [4.69, 9.17) is 5.11 Å². The van der Waals surface area contributed by atoms with Crippen LogP contribution in [0.4, 0.5) is 8.78 Å². The summed E-state index contributed by atoms with van der Waals surface area (Å²) in [6.07, 6.45) is 0. The molecule has 2 aromatic rings. The van der Waals surface area contributed by atoms with Crippen molar-refractivity contribution in [1.82, 2.24) is 10.2 Å². The summed E-state index contributed by atoms with van der Waals surface area (Å²) in [7, 11) is 1.15. The van der Waals surface area contributed by atoms with Crippen molar-refractivity contribution in [2.24, 2.45) is 0 Å². The number of carboxylic acids is 1. The fourth-order valence-electron chi connectivity index (χ4n) is 1.53. The molecular formula is C11H8F2N2O4. The van der Waals surface area contributed by atoms with Gasteiger partial charge in [0, 0.05) is 6.07 Å². The van der Waals surface area contributed by atoms with Crippen LogP contribution < -0.4 is 4.74 Å². The van der Waals surface area contributed by atoms with E-state index in [1.807, 2.05) is 0 Å². The zero-order chi connectivity index (χ0) is 14.2. The van der Waals surface area contributed by atoms with Crippen molar-refractivity contribution >= 4 is 5.97 Å². The average Bonchev–Trinajstić information content (AvgIpc) is 2.83. The molecule has 19 heavy (non-hydrogen) atoms. The van der Waals surface area contributed by atoms with Gasteiger partial charge in [-0.2, -0.15) is 5.10 Å². The van der Waals surface area contributed by atoms with Crippen LogP contribution in [0.1, 0.15) is 10.5 Å². The van der Waals surface area contributed by atoms with E-state index in [0.29, 0.717) is 0 Å². The standard InChI is InChI=1S/C11H8F2N2O4/c1-19-7-3-6(16)9(12)8(10(7)13)4-2-5(11(17)18)15-14-4/h2-3,16H,1H3,(H,14,15)(H,17,18). The van der Waals surface area contributed by atoms with Gasteiger partial charge in [0.2, 0.25) is 0 Å². The van der Waals surface area contributed by atoms with Crippen LogP contribution in [0.25, 0.3) is 11.3 Å². The van der Waals surface area contributed by atoms with Crippen molar-refractivity contribution in [1.29, 1.82) is 0 Å². The van der Waals surface area contributed by atoms with E-state index in [1.54, 1.807) is 0 Å². The Morgan fingerprint density at radius 3 is 2.58 bits per heavy atom. The molecule has 0 fully saturated rings. The highest BCUT2D eigenvalue weighted by Gasteiger charge is 2.23. The number of aromatic hydroxyl groups is 1. The van der Waals surface area contributed by atoms with Gasteiger partial charge in [-0.25, -0.2) is 13.6 Å². The molecular weight excluding hydrogens is 262 g/mol. The lowest BCUT2D eigenvalue weighted by atomic mass is 10.1. The second kappa shape index (κ2) is 4.56. The number of aromatic carboxylic acids is 1. The number of methoxy groups -OCH3 is 1. The molecule has 0 amide bonds. The summed E-state index contributed by atoms with van der Waals surface area (Å²) in [5.41, 5.74) is -1.29. The first-order valence-electron chi connectivity index (χ1n) is 4.99. The van der Waals surface area contributed by atoms with Crippen LogP contribution in [0.5, 0.6) is 11.5 Å². The van der Waals surface area contributed by atoms with Gasteiger partial charge in [-0.1, -0.05) is 0 Å². The van der Waals surface area contributed by atoms with Gasteiger partial charge in [-0.05, 0) is 6.07 Å². The number of nitrogens with zero attached hydrogens (tertiary/aromatic N) is 1. The Labute approximate surface area is 105 Å². The quantitative estimate of drug-likeness (QED) is 0.790. The Hall–Kier alpha value is -2.64. The number of nitrogens with one attached hydrogen (secondary N) is 1. The molecule has 100 valence electrons. The number of phenolic OH excluding ortho intramolecular Hbond substituents is 1. The Morgan fingerprint density at radius 2 is 2.05 bits per heavy atom. The lowest BCUT2D eigenvalue weighted by Crippen LogP contribution is -1.96. The summed E-state index contributed by atoms with van der Waals surface area (Å²) in [5, 5.41) is 23.6. The molecule has 8 heteroatoms. The number of ether oxygens (including phenoxy) is 1. The van der Waals surface area contributed by atoms with E-state index in [0.717, 1.165) is 19.2 Å². The van der Waals surface area contributed by atoms with Crippen LogP contribution in [-0.4, -0.2) is 33.5 Å². The number of benzene rings is 1. The third-order valence-corrected chi connectivity index (χ3v) is 2.43. The Balaban J connectivity index is 2.66. The van der Waals surface area contributed by atoms with Crippen molar-refractivity contribution in [3.8, 4) is 22.8 Å². The van der Waals surface area contributed by atoms with E-state index in [-0.39, 0.29) is 17.1 Å². The second-order valence-corrected chi connectivity index (χ2v) is 3.57. The first-order valence-corrected chi connectivity index (χ1v) is 4.99. The van der Waals surface area contributed by atoms with Gasteiger partial charge >= 0.3 is 5.97 Å². The smallest absolute Gasteiger partial charge is 0.353 e. The Bertz CT molecular complexity index is 654. The molecule has 0 aliphatic carbocycles. The van der Waals surface area contributed by atoms with Crippen molar-refractivity contribution in [2.45, 2.75) is 0 Å². The van der Waals surface area contributed by atoms with Crippen LogP contribution in [0, 0.1) is 11.6 Å². The zero-order valence-corrected chi connectivity index (χ0v) is 9.57. The number of aromatic amines is 1. The van der Waals surface area contributed by atoms with E-state index >= 15 is 0 Å². The maximum atomic E-state index is 13.9. The SMILES string of the molecule is COc1cc(O)c(F)c(-c2cc(C(=O)O)[nH]n2)c1F. The number of H-pyrrole nitrogens is 1. The molecule has 0 saturated carbocycles. The molecule has 0 aliphatic rings. The number of hydrogen-bond acceptors (Lipinski definition) is 4. The van der Waals surface area contributed by atoms with Gasteiger partial charge in [0.15, 0.2) is 23.1 Å². The summed E-state index contributed by atoms with van der Waals surface area (Å²) in [4.78, 5) is 10.7.